The van der Waals surface area contributed by atoms with Crippen LogP contribution < -0.4 is 43.0 Å². The fourth-order valence-corrected chi connectivity index (χ4v) is 7.19. The number of amides is 7. The van der Waals surface area contributed by atoms with Crippen molar-refractivity contribution < 1.29 is 63.3 Å². The van der Waals surface area contributed by atoms with Crippen molar-refractivity contribution in [3.8, 4) is 0 Å². The molecule has 69 heavy (non-hydrogen) atoms. The van der Waals surface area contributed by atoms with Crippen molar-refractivity contribution in [1.82, 2.24) is 42.2 Å². The normalized spacial score (nSPS) is 13.6. The van der Waals surface area contributed by atoms with Gasteiger partial charge in [0.2, 0.25) is 41.4 Å². The van der Waals surface area contributed by atoms with Crippen molar-refractivity contribution in [2.75, 3.05) is 13.1 Å². The van der Waals surface area contributed by atoms with Crippen molar-refractivity contribution in [3.05, 3.63) is 108 Å². The summed E-state index contributed by atoms with van der Waals surface area (Å²) in [5.74, 6) is -11.1. The van der Waals surface area contributed by atoms with Crippen LogP contribution in [0.3, 0.4) is 0 Å². The average molecular weight is 956 g/mol. The number of rotatable bonds is 27. The number of hydrogen-bond donors (Lipinski definition) is 12. The molecule has 13 N–H and O–H groups in total. The summed E-state index contributed by atoms with van der Waals surface area (Å²) < 4.78 is 0. The van der Waals surface area contributed by atoms with E-state index in [4.69, 9.17) is 5.73 Å². The van der Waals surface area contributed by atoms with Gasteiger partial charge in [0.05, 0.1) is 25.9 Å². The molecule has 3 aromatic carbocycles. The van der Waals surface area contributed by atoms with Gasteiger partial charge in [0.25, 0.3) is 0 Å². The molecule has 0 aliphatic heterocycles. The summed E-state index contributed by atoms with van der Waals surface area (Å²) in [6, 6.07) is 14.7. The van der Waals surface area contributed by atoms with Crippen molar-refractivity contribution in [2.45, 2.75) is 88.6 Å². The highest BCUT2D eigenvalue weighted by molar-refractivity contribution is 5.98. The number of para-hydroxylation sites is 1. The maximum atomic E-state index is 14.3. The molecular weight excluding hydrogens is 899 g/mol. The highest BCUT2D eigenvalue weighted by atomic mass is 16.4. The molecule has 1 heterocycles. The van der Waals surface area contributed by atoms with E-state index in [2.05, 4.69) is 42.2 Å². The highest BCUT2D eigenvalue weighted by Crippen LogP contribution is 2.20. The second kappa shape index (κ2) is 26.3. The lowest BCUT2D eigenvalue weighted by Gasteiger charge is -2.27. The van der Waals surface area contributed by atoms with Crippen molar-refractivity contribution in [2.24, 2.45) is 11.7 Å². The number of benzene rings is 3. The first-order chi connectivity index (χ1) is 32.8. The van der Waals surface area contributed by atoms with Gasteiger partial charge in [-0.2, -0.15) is 0 Å². The molecule has 0 bridgehead atoms. The molecule has 0 radical (unpaired) electrons. The molecule has 4 aromatic rings. The van der Waals surface area contributed by atoms with Crippen molar-refractivity contribution >= 4 is 70.2 Å². The Morgan fingerprint density at radius 1 is 0.522 bits per heavy atom. The zero-order valence-electron chi connectivity index (χ0n) is 37.9. The molecule has 368 valence electrons. The number of aliphatic carboxylic acids is 3. The number of H-pyrrole nitrogens is 1. The van der Waals surface area contributed by atoms with Crippen LogP contribution in [0.1, 0.15) is 49.8 Å². The zero-order chi connectivity index (χ0) is 50.6. The lowest BCUT2D eigenvalue weighted by molar-refractivity contribution is -0.143. The SMILES string of the molecule is CC(C)C[C@H](NC(=O)[C@H](Cc1c[nH]c2ccccc12)NC(=O)CNC(=O)[C@H](CC(=O)O)NC(=O)CN)C(=O)N[C@@H](Cc1ccccc1)C(=O)N[C@@H](CC(=O)O)C(=O)N[C@@H](Cc1ccccc1)C(=O)O. The predicted molar refractivity (Wildman–Crippen MR) is 248 cm³/mol. The number of carbonyl (C=O) groups excluding carboxylic acids is 7. The van der Waals surface area contributed by atoms with Crippen LogP contribution in [-0.4, -0.2) is 129 Å². The lowest BCUT2D eigenvalue weighted by atomic mass is 9.99. The molecule has 0 aliphatic rings. The second-order valence-electron chi connectivity index (χ2n) is 16.5. The Morgan fingerprint density at radius 2 is 0.971 bits per heavy atom. The van der Waals surface area contributed by atoms with E-state index in [0.29, 0.717) is 27.6 Å². The summed E-state index contributed by atoms with van der Waals surface area (Å²) in [6.07, 6.45) is -0.610. The Balaban J connectivity index is 1.58. The third-order valence-corrected chi connectivity index (χ3v) is 10.6. The number of aromatic nitrogens is 1. The molecule has 0 spiro atoms. The van der Waals surface area contributed by atoms with Gasteiger partial charge < -0.3 is 63.3 Å². The number of nitrogens with two attached hydrogens (primary N) is 1. The highest BCUT2D eigenvalue weighted by Gasteiger charge is 2.34. The molecule has 0 aliphatic carbocycles. The number of fused-ring (bicyclic) bond motifs is 1. The summed E-state index contributed by atoms with van der Waals surface area (Å²) in [4.78, 5) is 133. The van der Waals surface area contributed by atoms with E-state index in [-0.39, 0.29) is 31.6 Å². The smallest absolute Gasteiger partial charge is 0.326 e. The van der Waals surface area contributed by atoms with E-state index in [0.717, 1.165) is 0 Å². The van der Waals surface area contributed by atoms with Gasteiger partial charge in [0.1, 0.15) is 36.3 Å². The number of carboxylic acids is 3. The maximum absolute atomic E-state index is 14.3. The van der Waals surface area contributed by atoms with Gasteiger partial charge in [0.15, 0.2) is 0 Å². The molecule has 22 heteroatoms. The van der Waals surface area contributed by atoms with Crippen LogP contribution in [0.5, 0.6) is 0 Å². The Labute approximate surface area is 395 Å². The van der Waals surface area contributed by atoms with Crippen LogP contribution >= 0.6 is 0 Å². The van der Waals surface area contributed by atoms with Gasteiger partial charge in [-0.3, -0.25) is 43.2 Å². The minimum atomic E-state index is -1.79. The number of nitrogens with one attached hydrogen (secondary N) is 8. The second-order valence-corrected chi connectivity index (χ2v) is 16.5. The predicted octanol–water partition coefficient (Wildman–Crippen LogP) is -0.740. The average Bonchev–Trinajstić information content (AvgIpc) is 3.71. The first kappa shape index (κ1) is 53.5. The Morgan fingerprint density at radius 3 is 1.52 bits per heavy atom. The van der Waals surface area contributed by atoms with Gasteiger partial charge >= 0.3 is 17.9 Å². The van der Waals surface area contributed by atoms with E-state index < -0.39 is 121 Å². The molecular formula is C47H57N9O13. The monoisotopic (exact) mass is 955 g/mol. The van der Waals surface area contributed by atoms with Crippen LogP contribution in [0, 0.1) is 5.92 Å². The van der Waals surface area contributed by atoms with Crippen LogP contribution in [0.2, 0.25) is 0 Å². The fraction of sp³-hybridized carbons (Fsp3) is 0.362. The number of hydrogen-bond acceptors (Lipinski definition) is 11. The van der Waals surface area contributed by atoms with Crippen LogP contribution in [-0.2, 0) is 67.2 Å². The van der Waals surface area contributed by atoms with E-state index in [1.165, 1.54) is 0 Å². The zero-order valence-corrected chi connectivity index (χ0v) is 37.9. The first-order valence-corrected chi connectivity index (χ1v) is 21.9. The third-order valence-electron chi connectivity index (χ3n) is 10.6. The van der Waals surface area contributed by atoms with Crippen LogP contribution in [0.25, 0.3) is 10.9 Å². The summed E-state index contributed by atoms with van der Waals surface area (Å²) in [7, 11) is 0. The lowest BCUT2D eigenvalue weighted by Crippen LogP contribution is -2.60. The number of carboxylic acid groups (broad SMARTS) is 3. The molecule has 0 saturated heterocycles. The fourth-order valence-electron chi connectivity index (χ4n) is 7.19. The number of aromatic amines is 1. The van der Waals surface area contributed by atoms with E-state index in [1.54, 1.807) is 105 Å². The summed E-state index contributed by atoms with van der Waals surface area (Å²) in [5.41, 5.74) is 7.69. The molecule has 6 atom stereocenters. The Kier molecular flexibility index (Phi) is 20.4. The third kappa shape index (κ3) is 17.5. The van der Waals surface area contributed by atoms with Crippen molar-refractivity contribution in [1.29, 1.82) is 0 Å². The van der Waals surface area contributed by atoms with Gasteiger partial charge in [0, 0.05) is 36.4 Å². The minimum absolute atomic E-state index is 0.00256. The molecule has 0 unspecified atom stereocenters. The largest absolute Gasteiger partial charge is 0.481 e. The topological polar surface area (TPSA) is 357 Å². The van der Waals surface area contributed by atoms with E-state index in [9.17, 15) is 63.3 Å². The van der Waals surface area contributed by atoms with E-state index >= 15 is 0 Å². The van der Waals surface area contributed by atoms with Gasteiger partial charge in [-0.1, -0.05) is 92.7 Å². The minimum Gasteiger partial charge on any atom is -0.481 e. The molecule has 0 saturated carbocycles. The van der Waals surface area contributed by atoms with Crippen molar-refractivity contribution in [3.63, 3.8) is 0 Å². The maximum Gasteiger partial charge on any atom is 0.326 e. The van der Waals surface area contributed by atoms with Gasteiger partial charge in [-0.15, -0.1) is 0 Å². The Hall–Kier alpha value is -8.14. The number of carbonyl (C=O) groups is 10. The Bertz CT molecular complexity index is 2460. The molecule has 4 rings (SSSR count). The van der Waals surface area contributed by atoms with Crippen LogP contribution in [0.4, 0.5) is 0 Å². The standard InChI is InChI=1S/C47H57N9O13/c1-26(2)17-32(53-45(66)34(20-29-24-49-31-16-10-9-15-30(29)31)52-39(58)25-50-42(63)35(21-40(59)60)51-38(57)23-48)43(64)54-33(18-27-11-5-3-6-12-27)44(65)55-36(22-41(61)62)46(67)56-37(47(68)69)19-28-13-7-4-8-14-28/h3-16,24,26,32-37,49H,17-23,25,48H2,1-2H3,(H,50,63)(H,51,57)(H,52,58)(H,53,66)(H,54,64)(H,55,65)(H,56,67)(H,59,60)(H,61,62)(H,68,69)/t32-,33-,34-,35-,36-,37-/m0/s1. The summed E-state index contributed by atoms with van der Waals surface area (Å²) in [5, 5.41) is 46.5. The van der Waals surface area contributed by atoms with Gasteiger partial charge in [-0.25, -0.2) is 4.79 Å². The molecule has 0 fully saturated rings. The van der Waals surface area contributed by atoms with E-state index in [1.807, 2.05) is 0 Å². The molecule has 7 amide bonds. The molecule has 1 aromatic heterocycles. The summed E-state index contributed by atoms with van der Waals surface area (Å²) in [6.45, 7) is 2.23. The van der Waals surface area contributed by atoms with Crippen LogP contribution in [0.15, 0.2) is 91.1 Å². The molecule has 22 nitrogen and oxygen atoms in total. The summed E-state index contributed by atoms with van der Waals surface area (Å²) >= 11 is 0. The van der Waals surface area contributed by atoms with Gasteiger partial charge in [-0.05, 0) is 35.1 Å². The quantitative estimate of drug-likeness (QED) is 0.0351. The first-order valence-electron chi connectivity index (χ1n) is 21.9.